The van der Waals surface area contributed by atoms with Crippen LogP contribution in [0.5, 0.6) is 0 Å². The van der Waals surface area contributed by atoms with Crippen LogP contribution in [0, 0.1) is 12.7 Å². The molecule has 0 aromatic heterocycles. The predicted octanol–water partition coefficient (Wildman–Crippen LogP) is 3.76. The third-order valence-electron chi connectivity index (χ3n) is 4.01. The second-order valence-corrected chi connectivity index (χ2v) is 5.75. The summed E-state index contributed by atoms with van der Waals surface area (Å²) in [5.74, 6) is 0.0620. The smallest absolute Gasteiger partial charge is 0.126 e. The Labute approximate surface area is 121 Å². The van der Waals surface area contributed by atoms with Crippen LogP contribution in [0.2, 0.25) is 0 Å². The van der Waals surface area contributed by atoms with Crippen molar-refractivity contribution in [3.05, 3.63) is 35.1 Å². The molecule has 1 heterocycles. The number of carbonyl (C=O) groups excluding carboxylic acids is 1. The van der Waals surface area contributed by atoms with Crippen LogP contribution in [-0.2, 0) is 10.2 Å². The zero-order valence-electron chi connectivity index (χ0n) is 13.1. The molecule has 2 rings (SSSR count). The number of nitrogens with one attached hydrogen (secondary N) is 1. The molecule has 112 valence electrons. The molecule has 1 aliphatic heterocycles. The summed E-state index contributed by atoms with van der Waals surface area (Å²) < 4.78 is 13.4. The van der Waals surface area contributed by atoms with Crippen LogP contribution < -0.4 is 5.32 Å². The van der Waals surface area contributed by atoms with Crippen molar-refractivity contribution in [2.75, 3.05) is 13.1 Å². The number of Topliss-reactive ketones (excluding diaryl/α,β-unsaturated/α-hetero) is 1. The highest BCUT2D eigenvalue weighted by Gasteiger charge is 2.33. The second-order valence-electron chi connectivity index (χ2n) is 5.75. The Balaban J connectivity index is 0.000000444. The molecule has 0 atom stereocenters. The maximum atomic E-state index is 13.4. The zero-order chi connectivity index (χ0) is 15.2. The lowest BCUT2D eigenvalue weighted by Gasteiger charge is -2.38. The first-order chi connectivity index (χ1) is 9.41. The summed E-state index contributed by atoms with van der Waals surface area (Å²) in [4.78, 5) is 9.44. The highest BCUT2D eigenvalue weighted by molar-refractivity contribution is 5.72. The van der Waals surface area contributed by atoms with Gasteiger partial charge in [-0.15, -0.1) is 0 Å². The van der Waals surface area contributed by atoms with E-state index in [-0.39, 0.29) is 17.0 Å². The van der Waals surface area contributed by atoms with Gasteiger partial charge in [-0.3, -0.25) is 0 Å². The highest BCUT2D eigenvalue weighted by Crippen LogP contribution is 2.38. The number of benzene rings is 1. The monoisotopic (exact) mass is 279 g/mol. The van der Waals surface area contributed by atoms with Crippen molar-refractivity contribution in [3.8, 4) is 0 Å². The molecule has 1 N–H and O–H groups in total. The number of carbonyl (C=O) groups is 1. The van der Waals surface area contributed by atoms with Gasteiger partial charge in [0, 0.05) is 0 Å². The molecule has 0 saturated carbocycles. The number of hydrogen-bond donors (Lipinski definition) is 1. The lowest BCUT2D eigenvalue weighted by Crippen LogP contribution is -2.39. The lowest BCUT2D eigenvalue weighted by molar-refractivity contribution is -0.114. The topological polar surface area (TPSA) is 29.1 Å². The van der Waals surface area contributed by atoms with Gasteiger partial charge in [-0.2, -0.15) is 0 Å². The maximum Gasteiger partial charge on any atom is 0.126 e. The first kappa shape index (κ1) is 16.8. The third-order valence-corrected chi connectivity index (χ3v) is 4.01. The number of piperidine rings is 1. The molecular formula is C17H26FNO. The Bertz CT molecular complexity index is 446. The van der Waals surface area contributed by atoms with E-state index in [2.05, 4.69) is 19.2 Å². The normalized spacial score (nSPS) is 17.1. The second kappa shape index (κ2) is 7.53. The van der Waals surface area contributed by atoms with Crippen molar-refractivity contribution in [1.82, 2.24) is 5.32 Å². The van der Waals surface area contributed by atoms with Crippen LogP contribution in [0.15, 0.2) is 18.2 Å². The Hall–Kier alpha value is -1.22. The molecule has 20 heavy (non-hydrogen) atoms. The Morgan fingerprint density at radius 2 is 1.85 bits per heavy atom. The summed E-state index contributed by atoms with van der Waals surface area (Å²) >= 11 is 0. The van der Waals surface area contributed by atoms with Crippen molar-refractivity contribution in [2.24, 2.45) is 0 Å². The van der Waals surface area contributed by atoms with Gasteiger partial charge in [0.05, 0.1) is 0 Å². The maximum absolute atomic E-state index is 13.4. The molecule has 1 fully saturated rings. The minimum atomic E-state index is -0.105. The summed E-state index contributed by atoms with van der Waals surface area (Å²) in [6.07, 6.45) is 3.33. The largest absolute Gasteiger partial charge is 0.317 e. The van der Waals surface area contributed by atoms with E-state index in [1.807, 2.05) is 6.07 Å². The molecular weight excluding hydrogens is 253 g/mol. The van der Waals surface area contributed by atoms with Crippen LogP contribution in [0.3, 0.4) is 0 Å². The summed E-state index contributed by atoms with van der Waals surface area (Å²) in [6, 6.07) is 5.21. The fourth-order valence-corrected chi connectivity index (χ4v) is 2.88. The zero-order valence-corrected chi connectivity index (χ0v) is 13.1. The van der Waals surface area contributed by atoms with Crippen molar-refractivity contribution >= 4 is 5.78 Å². The third kappa shape index (κ3) is 4.41. The van der Waals surface area contributed by atoms with Crippen LogP contribution in [0.4, 0.5) is 4.39 Å². The van der Waals surface area contributed by atoms with E-state index in [1.165, 1.54) is 25.0 Å². The van der Waals surface area contributed by atoms with Crippen molar-refractivity contribution in [3.63, 3.8) is 0 Å². The first-order valence-electron chi connectivity index (χ1n) is 7.36. The molecule has 0 amide bonds. The van der Waals surface area contributed by atoms with E-state index < -0.39 is 0 Å². The SMILES string of the molecule is CC(C)=O.CCC1(c2cc(F)ccc2C)CCNCC1. The number of rotatable bonds is 2. The lowest BCUT2D eigenvalue weighted by atomic mass is 9.70. The number of aryl methyl sites for hydroxylation is 1. The quantitative estimate of drug-likeness (QED) is 0.893. The molecule has 1 saturated heterocycles. The average Bonchev–Trinajstić information content (AvgIpc) is 2.41. The summed E-state index contributed by atoms with van der Waals surface area (Å²) in [7, 11) is 0. The van der Waals surface area contributed by atoms with Gasteiger partial charge in [-0.05, 0) is 81.8 Å². The number of ketones is 1. The summed E-state index contributed by atoms with van der Waals surface area (Å²) in [5.41, 5.74) is 2.64. The molecule has 1 aliphatic rings. The Morgan fingerprint density at radius 3 is 2.35 bits per heavy atom. The van der Waals surface area contributed by atoms with Gasteiger partial charge >= 0.3 is 0 Å². The standard InChI is InChI=1S/C14H20FN.C3H6O/c1-3-14(6-8-16-9-7-14)13-10-12(15)5-4-11(13)2;1-3(2)4/h4-5,10,16H,3,6-9H2,1-2H3;1-2H3. The van der Waals surface area contributed by atoms with E-state index in [0.29, 0.717) is 0 Å². The first-order valence-corrected chi connectivity index (χ1v) is 7.36. The van der Waals surface area contributed by atoms with Crippen molar-refractivity contribution < 1.29 is 9.18 Å². The van der Waals surface area contributed by atoms with Crippen LogP contribution in [0.1, 0.15) is 51.2 Å². The minimum Gasteiger partial charge on any atom is -0.317 e. The van der Waals surface area contributed by atoms with Gasteiger partial charge in [0.2, 0.25) is 0 Å². The molecule has 0 radical (unpaired) electrons. The van der Waals surface area contributed by atoms with E-state index in [9.17, 15) is 9.18 Å². The van der Waals surface area contributed by atoms with Crippen LogP contribution >= 0.6 is 0 Å². The molecule has 0 bridgehead atoms. The highest BCUT2D eigenvalue weighted by atomic mass is 19.1. The van der Waals surface area contributed by atoms with Crippen molar-refractivity contribution in [1.29, 1.82) is 0 Å². The van der Waals surface area contributed by atoms with Crippen LogP contribution in [-0.4, -0.2) is 18.9 Å². The summed E-state index contributed by atoms with van der Waals surface area (Å²) in [5, 5.41) is 3.38. The molecule has 0 aliphatic carbocycles. The van der Waals surface area contributed by atoms with Crippen molar-refractivity contribution in [2.45, 2.75) is 52.4 Å². The number of halogens is 1. The fourth-order valence-electron chi connectivity index (χ4n) is 2.88. The molecule has 0 spiro atoms. The molecule has 1 aromatic carbocycles. The number of hydrogen-bond acceptors (Lipinski definition) is 2. The molecule has 0 unspecified atom stereocenters. The Morgan fingerprint density at radius 1 is 1.30 bits per heavy atom. The average molecular weight is 279 g/mol. The Kier molecular flexibility index (Phi) is 6.34. The predicted molar refractivity (Wildman–Crippen MR) is 81.6 cm³/mol. The van der Waals surface area contributed by atoms with Gasteiger partial charge < -0.3 is 10.1 Å². The van der Waals surface area contributed by atoms with Gasteiger partial charge in [0.1, 0.15) is 11.6 Å². The minimum absolute atomic E-state index is 0.105. The molecule has 1 aromatic rings. The van der Waals surface area contributed by atoms with Gasteiger partial charge in [-0.1, -0.05) is 13.0 Å². The van der Waals surface area contributed by atoms with E-state index in [4.69, 9.17) is 0 Å². The van der Waals surface area contributed by atoms with E-state index in [0.717, 1.165) is 32.4 Å². The van der Waals surface area contributed by atoms with E-state index in [1.54, 1.807) is 12.1 Å². The molecule has 2 nitrogen and oxygen atoms in total. The molecule has 3 heteroatoms. The fraction of sp³-hybridized carbons (Fsp3) is 0.588. The van der Waals surface area contributed by atoms with Gasteiger partial charge in [-0.25, -0.2) is 4.39 Å². The van der Waals surface area contributed by atoms with E-state index >= 15 is 0 Å². The van der Waals surface area contributed by atoms with Gasteiger partial charge in [0.25, 0.3) is 0 Å². The summed E-state index contributed by atoms with van der Waals surface area (Å²) in [6.45, 7) is 9.46. The van der Waals surface area contributed by atoms with Gasteiger partial charge in [0.15, 0.2) is 0 Å². The van der Waals surface area contributed by atoms with Crippen LogP contribution in [0.25, 0.3) is 0 Å².